The van der Waals surface area contributed by atoms with E-state index in [-0.39, 0.29) is 11.0 Å². The van der Waals surface area contributed by atoms with E-state index in [0.29, 0.717) is 6.04 Å². The Labute approximate surface area is 175 Å². The van der Waals surface area contributed by atoms with Crippen molar-refractivity contribution in [2.24, 2.45) is 0 Å². The van der Waals surface area contributed by atoms with Crippen LogP contribution in [0.15, 0.2) is 48.7 Å². The number of nitrogens with zero attached hydrogens (tertiary/aromatic N) is 1. The van der Waals surface area contributed by atoms with Crippen LogP contribution in [0, 0.1) is 0 Å². The van der Waals surface area contributed by atoms with Crippen LogP contribution in [0.5, 0.6) is 0 Å². The van der Waals surface area contributed by atoms with Crippen molar-refractivity contribution in [1.29, 1.82) is 0 Å². The van der Waals surface area contributed by atoms with Gasteiger partial charge in [0, 0.05) is 43.7 Å². The van der Waals surface area contributed by atoms with Crippen LogP contribution < -0.4 is 5.32 Å². The summed E-state index contributed by atoms with van der Waals surface area (Å²) in [5.41, 5.74) is 4.08. The maximum Gasteiger partial charge on any atom is 0.0685 e. The Morgan fingerprint density at radius 1 is 1.17 bits per heavy atom. The van der Waals surface area contributed by atoms with E-state index < -0.39 is 0 Å². The first-order valence-electron chi connectivity index (χ1n) is 11.0. The third-order valence-electron chi connectivity index (χ3n) is 6.91. The molecule has 1 N–H and O–H groups in total. The first kappa shape index (κ1) is 20.5. The normalized spacial score (nSPS) is 29.0. The van der Waals surface area contributed by atoms with Gasteiger partial charge in [-0.2, -0.15) is 0 Å². The Bertz CT molecular complexity index is 796. The molecule has 0 bridgehead atoms. The third kappa shape index (κ3) is 4.55. The molecule has 4 rings (SSSR count). The molecule has 1 aromatic carbocycles. The largest absolute Gasteiger partial charge is 0.385 e. The van der Waals surface area contributed by atoms with Gasteiger partial charge in [-0.1, -0.05) is 30.3 Å². The fourth-order valence-corrected chi connectivity index (χ4v) is 5.32. The Morgan fingerprint density at radius 3 is 2.86 bits per heavy atom. The molecule has 1 saturated heterocycles. The van der Waals surface area contributed by atoms with Crippen molar-refractivity contribution in [1.82, 2.24) is 10.3 Å². The van der Waals surface area contributed by atoms with Gasteiger partial charge in [0.2, 0.25) is 0 Å². The predicted octanol–water partition coefficient (Wildman–Crippen LogP) is 4.59. The predicted molar refractivity (Wildman–Crippen MR) is 116 cm³/mol. The lowest BCUT2D eigenvalue weighted by atomic mass is 9.68. The molecular formula is C25H34N2O2. The molecule has 0 unspecified atom stereocenters. The van der Waals surface area contributed by atoms with Crippen molar-refractivity contribution >= 4 is 0 Å². The lowest BCUT2D eigenvalue weighted by Crippen LogP contribution is -2.48. The van der Waals surface area contributed by atoms with Crippen LogP contribution in [-0.4, -0.2) is 37.5 Å². The van der Waals surface area contributed by atoms with Gasteiger partial charge in [0.15, 0.2) is 0 Å². The Morgan fingerprint density at radius 2 is 2.03 bits per heavy atom. The second kappa shape index (κ2) is 8.95. The Kier molecular flexibility index (Phi) is 6.33. The maximum atomic E-state index is 6.24. The molecule has 156 valence electrons. The van der Waals surface area contributed by atoms with Gasteiger partial charge in [0.05, 0.1) is 5.60 Å². The van der Waals surface area contributed by atoms with Gasteiger partial charge in [-0.05, 0) is 75.3 Å². The first-order valence-corrected chi connectivity index (χ1v) is 11.0. The molecule has 0 radical (unpaired) electrons. The molecule has 2 heterocycles. The van der Waals surface area contributed by atoms with E-state index in [0.717, 1.165) is 45.4 Å². The number of hydrogen-bond acceptors (Lipinski definition) is 4. The monoisotopic (exact) mass is 394 g/mol. The van der Waals surface area contributed by atoms with Crippen LogP contribution in [-0.2, 0) is 21.3 Å². The fraction of sp³-hybridized carbons (Fsp3) is 0.560. The first-order chi connectivity index (χ1) is 14.1. The van der Waals surface area contributed by atoms with E-state index in [4.69, 9.17) is 14.5 Å². The van der Waals surface area contributed by atoms with Crippen molar-refractivity contribution in [3.63, 3.8) is 0 Å². The van der Waals surface area contributed by atoms with Crippen LogP contribution in [0.1, 0.15) is 61.9 Å². The van der Waals surface area contributed by atoms with E-state index >= 15 is 0 Å². The van der Waals surface area contributed by atoms with Gasteiger partial charge in [-0.3, -0.25) is 4.98 Å². The van der Waals surface area contributed by atoms with Crippen LogP contribution in [0.2, 0.25) is 0 Å². The molecule has 0 saturated carbocycles. The SMILES string of the molecule is COCC[C@]1(C)C[C@](CCN[C@H]2CCc3ccccc32)(c2ccccn2)CCO1. The highest BCUT2D eigenvalue weighted by Gasteiger charge is 2.44. The van der Waals surface area contributed by atoms with E-state index in [1.54, 1.807) is 7.11 Å². The molecule has 29 heavy (non-hydrogen) atoms. The minimum Gasteiger partial charge on any atom is -0.385 e. The lowest BCUT2D eigenvalue weighted by molar-refractivity contribution is -0.109. The molecule has 3 atom stereocenters. The van der Waals surface area contributed by atoms with E-state index in [9.17, 15) is 0 Å². The molecule has 2 aliphatic rings. The average molecular weight is 395 g/mol. The van der Waals surface area contributed by atoms with Crippen LogP contribution >= 0.6 is 0 Å². The molecule has 2 aromatic rings. The smallest absolute Gasteiger partial charge is 0.0685 e. The third-order valence-corrected chi connectivity index (χ3v) is 6.91. The summed E-state index contributed by atoms with van der Waals surface area (Å²) in [5.74, 6) is 0. The average Bonchev–Trinajstić information content (AvgIpc) is 3.16. The van der Waals surface area contributed by atoms with Crippen molar-refractivity contribution < 1.29 is 9.47 Å². The number of nitrogens with one attached hydrogen (secondary N) is 1. The van der Waals surface area contributed by atoms with Crippen molar-refractivity contribution in [3.8, 4) is 0 Å². The van der Waals surface area contributed by atoms with Gasteiger partial charge in [0.1, 0.15) is 0 Å². The second-order valence-corrected chi connectivity index (χ2v) is 8.96. The number of hydrogen-bond donors (Lipinski definition) is 1. The van der Waals surface area contributed by atoms with Gasteiger partial charge in [-0.15, -0.1) is 0 Å². The van der Waals surface area contributed by atoms with E-state index in [1.165, 1.54) is 29.7 Å². The molecule has 1 aromatic heterocycles. The van der Waals surface area contributed by atoms with Crippen molar-refractivity contribution in [2.75, 3.05) is 26.9 Å². The summed E-state index contributed by atoms with van der Waals surface area (Å²) in [6.07, 6.45) is 8.32. The molecule has 4 heteroatoms. The number of pyridine rings is 1. The fourth-order valence-electron chi connectivity index (χ4n) is 5.32. The second-order valence-electron chi connectivity index (χ2n) is 8.96. The van der Waals surface area contributed by atoms with Gasteiger partial charge in [-0.25, -0.2) is 0 Å². The zero-order chi connectivity index (χ0) is 20.2. The number of ether oxygens (including phenoxy) is 2. The number of benzene rings is 1. The van der Waals surface area contributed by atoms with Crippen LogP contribution in [0.25, 0.3) is 0 Å². The summed E-state index contributed by atoms with van der Waals surface area (Å²) in [6, 6.07) is 15.7. The summed E-state index contributed by atoms with van der Waals surface area (Å²) in [6.45, 7) is 4.74. The van der Waals surface area contributed by atoms with Gasteiger partial charge >= 0.3 is 0 Å². The number of aromatic nitrogens is 1. The van der Waals surface area contributed by atoms with Crippen molar-refractivity contribution in [2.45, 2.75) is 62.5 Å². The molecule has 1 aliphatic carbocycles. The number of rotatable bonds is 8. The maximum absolute atomic E-state index is 6.24. The molecule has 1 fully saturated rings. The van der Waals surface area contributed by atoms with Gasteiger partial charge < -0.3 is 14.8 Å². The zero-order valence-corrected chi connectivity index (χ0v) is 17.8. The van der Waals surface area contributed by atoms with Crippen LogP contribution in [0.4, 0.5) is 0 Å². The number of methoxy groups -OCH3 is 1. The summed E-state index contributed by atoms with van der Waals surface area (Å²) in [7, 11) is 1.77. The molecule has 0 spiro atoms. The summed E-state index contributed by atoms with van der Waals surface area (Å²) >= 11 is 0. The molecule has 0 amide bonds. The lowest BCUT2D eigenvalue weighted by Gasteiger charge is -2.46. The Hall–Kier alpha value is -1.75. The topological polar surface area (TPSA) is 43.4 Å². The summed E-state index contributed by atoms with van der Waals surface area (Å²) < 4.78 is 11.6. The van der Waals surface area contributed by atoms with Gasteiger partial charge in [0.25, 0.3) is 0 Å². The van der Waals surface area contributed by atoms with E-state index in [1.807, 2.05) is 12.3 Å². The minimum atomic E-state index is -0.161. The van der Waals surface area contributed by atoms with Crippen molar-refractivity contribution in [3.05, 3.63) is 65.5 Å². The number of aryl methyl sites for hydroxylation is 1. The minimum absolute atomic E-state index is 0.0487. The molecule has 4 nitrogen and oxygen atoms in total. The highest BCUT2D eigenvalue weighted by atomic mass is 16.5. The zero-order valence-electron chi connectivity index (χ0n) is 17.8. The molecule has 1 aliphatic heterocycles. The standard InChI is InChI=1S/C25H34N2O2/c1-24(13-17-28-2)19-25(14-18-29-24,23-9-5-6-15-27-23)12-16-26-22-11-10-20-7-3-4-8-21(20)22/h3-9,15,22,26H,10-14,16-19H2,1-2H3/t22-,24+,25+/m0/s1. The van der Waals surface area contributed by atoms with Crippen LogP contribution in [0.3, 0.4) is 0 Å². The number of fused-ring (bicyclic) bond motifs is 1. The highest BCUT2D eigenvalue weighted by Crippen LogP contribution is 2.44. The van der Waals surface area contributed by atoms with E-state index in [2.05, 4.69) is 48.6 Å². The highest BCUT2D eigenvalue weighted by molar-refractivity contribution is 5.34. The summed E-state index contributed by atoms with van der Waals surface area (Å²) in [4.78, 5) is 4.79. The summed E-state index contributed by atoms with van der Waals surface area (Å²) in [5, 5.41) is 3.86. The Balaban J connectivity index is 1.48. The molecular weight excluding hydrogens is 360 g/mol. The quantitative estimate of drug-likeness (QED) is 0.711.